The van der Waals surface area contributed by atoms with E-state index in [0.717, 1.165) is 43.0 Å². The van der Waals surface area contributed by atoms with Crippen LogP contribution in [0.1, 0.15) is 41.1 Å². The Morgan fingerprint density at radius 3 is 2.59 bits per heavy atom. The summed E-state index contributed by atoms with van der Waals surface area (Å²) in [5.74, 6) is 1.07. The number of aromatic nitrogens is 2. The molecule has 146 valence electrons. The molecule has 4 rings (SSSR count). The van der Waals surface area contributed by atoms with Gasteiger partial charge in [-0.3, -0.25) is 9.59 Å². The highest BCUT2D eigenvalue weighted by Gasteiger charge is 2.50. The summed E-state index contributed by atoms with van der Waals surface area (Å²) in [5, 5.41) is 3.01. The first kappa shape index (κ1) is 18.2. The van der Waals surface area contributed by atoms with E-state index in [9.17, 15) is 9.59 Å². The van der Waals surface area contributed by atoms with E-state index >= 15 is 0 Å². The number of carbonyl (C=O) groups is 2. The van der Waals surface area contributed by atoms with Gasteiger partial charge in [0.15, 0.2) is 0 Å². The van der Waals surface area contributed by atoms with Crippen molar-refractivity contribution in [2.45, 2.75) is 44.7 Å². The van der Waals surface area contributed by atoms with Crippen LogP contribution in [0.3, 0.4) is 0 Å². The van der Waals surface area contributed by atoms with Gasteiger partial charge in [0.1, 0.15) is 5.82 Å². The first-order chi connectivity index (χ1) is 12.8. The zero-order chi connectivity index (χ0) is 19.3. The summed E-state index contributed by atoms with van der Waals surface area (Å²) in [6, 6.07) is 0.500. The SMILES string of the molecule is Cc1nc(C(=O)N2CC3(CCC(=O)N3)C2)nc(N2CC[C@@H](N(C)C)C2)c1C. The van der Waals surface area contributed by atoms with Crippen LogP contribution in [0.4, 0.5) is 5.82 Å². The Balaban J connectivity index is 1.51. The van der Waals surface area contributed by atoms with E-state index in [1.165, 1.54) is 0 Å². The Labute approximate surface area is 159 Å². The third-order valence-electron chi connectivity index (χ3n) is 6.26. The zero-order valence-corrected chi connectivity index (χ0v) is 16.6. The quantitative estimate of drug-likeness (QED) is 0.824. The molecular weight excluding hydrogens is 344 g/mol. The number of likely N-dealkylation sites (tertiary alicyclic amines) is 1. The van der Waals surface area contributed by atoms with Crippen LogP contribution in [0.5, 0.6) is 0 Å². The molecule has 8 nitrogen and oxygen atoms in total. The van der Waals surface area contributed by atoms with E-state index in [1.807, 2.05) is 13.8 Å². The molecule has 1 atom stereocenters. The molecule has 3 fully saturated rings. The van der Waals surface area contributed by atoms with E-state index in [4.69, 9.17) is 0 Å². The summed E-state index contributed by atoms with van der Waals surface area (Å²) < 4.78 is 0. The molecule has 1 spiro atoms. The number of carbonyl (C=O) groups excluding carboxylic acids is 2. The molecule has 1 aromatic rings. The molecular formula is C19H28N6O2. The van der Waals surface area contributed by atoms with Crippen molar-refractivity contribution in [2.75, 3.05) is 45.2 Å². The molecule has 0 aromatic carbocycles. The average Bonchev–Trinajstić information content (AvgIpc) is 3.22. The van der Waals surface area contributed by atoms with Crippen molar-refractivity contribution in [1.29, 1.82) is 0 Å². The smallest absolute Gasteiger partial charge is 0.291 e. The van der Waals surface area contributed by atoms with Gasteiger partial charge in [0.05, 0.1) is 5.54 Å². The first-order valence-electron chi connectivity index (χ1n) is 9.65. The van der Waals surface area contributed by atoms with Crippen LogP contribution in [0.2, 0.25) is 0 Å². The van der Waals surface area contributed by atoms with Crippen molar-refractivity contribution in [2.24, 2.45) is 0 Å². The summed E-state index contributed by atoms with van der Waals surface area (Å²) in [4.78, 5) is 39.8. The second-order valence-electron chi connectivity index (χ2n) is 8.42. The molecule has 0 saturated carbocycles. The van der Waals surface area contributed by atoms with Gasteiger partial charge in [-0.2, -0.15) is 0 Å². The summed E-state index contributed by atoms with van der Waals surface area (Å²) in [6.07, 6.45) is 2.44. The molecule has 3 aliphatic rings. The van der Waals surface area contributed by atoms with Crippen molar-refractivity contribution in [3.05, 3.63) is 17.1 Å². The third kappa shape index (κ3) is 3.16. The Kier molecular flexibility index (Phi) is 4.33. The van der Waals surface area contributed by atoms with Crippen LogP contribution in [-0.4, -0.2) is 83.4 Å². The lowest BCUT2D eigenvalue weighted by molar-refractivity contribution is -0.120. The first-order valence-corrected chi connectivity index (χ1v) is 9.65. The van der Waals surface area contributed by atoms with Crippen LogP contribution in [0.15, 0.2) is 0 Å². The lowest BCUT2D eigenvalue weighted by Gasteiger charge is -2.47. The predicted octanol–water partition coefficient (Wildman–Crippen LogP) is 0.338. The molecule has 8 heteroatoms. The average molecular weight is 372 g/mol. The number of nitrogens with one attached hydrogen (secondary N) is 1. The highest BCUT2D eigenvalue weighted by molar-refractivity contribution is 5.92. The number of nitrogens with zero attached hydrogens (tertiary/aromatic N) is 5. The van der Waals surface area contributed by atoms with Gasteiger partial charge in [-0.05, 0) is 40.8 Å². The van der Waals surface area contributed by atoms with Crippen molar-refractivity contribution >= 4 is 17.6 Å². The van der Waals surface area contributed by atoms with Crippen molar-refractivity contribution in [1.82, 2.24) is 25.1 Å². The lowest BCUT2D eigenvalue weighted by atomic mass is 9.88. The van der Waals surface area contributed by atoms with Crippen LogP contribution in [-0.2, 0) is 4.79 Å². The molecule has 0 bridgehead atoms. The fourth-order valence-electron chi connectivity index (χ4n) is 4.35. The molecule has 3 saturated heterocycles. The van der Waals surface area contributed by atoms with Crippen LogP contribution in [0, 0.1) is 13.8 Å². The maximum absolute atomic E-state index is 12.9. The van der Waals surface area contributed by atoms with Gasteiger partial charge >= 0.3 is 0 Å². The van der Waals surface area contributed by atoms with Gasteiger partial charge in [-0.25, -0.2) is 9.97 Å². The number of likely N-dealkylation sites (N-methyl/N-ethyl adjacent to an activating group) is 1. The predicted molar refractivity (Wildman–Crippen MR) is 102 cm³/mol. The highest BCUT2D eigenvalue weighted by atomic mass is 16.2. The Bertz CT molecular complexity index is 787. The van der Waals surface area contributed by atoms with Crippen molar-refractivity contribution in [3.8, 4) is 0 Å². The third-order valence-corrected chi connectivity index (χ3v) is 6.26. The normalized spacial score (nSPS) is 23.9. The Morgan fingerprint density at radius 1 is 1.26 bits per heavy atom. The maximum atomic E-state index is 12.9. The fraction of sp³-hybridized carbons (Fsp3) is 0.684. The van der Waals surface area contributed by atoms with Crippen LogP contribution in [0.25, 0.3) is 0 Å². The molecule has 1 aromatic heterocycles. The minimum absolute atomic E-state index is 0.0799. The van der Waals surface area contributed by atoms with E-state index in [-0.39, 0.29) is 23.2 Å². The summed E-state index contributed by atoms with van der Waals surface area (Å²) >= 11 is 0. The number of rotatable bonds is 3. The molecule has 3 aliphatic heterocycles. The van der Waals surface area contributed by atoms with Gasteiger partial charge in [-0.15, -0.1) is 0 Å². The second-order valence-corrected chi connectivity index (χ2v) is 8.42. The van der Waals surface area contributed by atoms with Gasteiger partial charge < -0.3 is 20.0 Å². The minimum Gasteiger partial charge on any atom is -0.355 e. The number of anilines is 1. The summed E-state index contributed by atoms with van der Waals surface area (Å²) in [6.45, 7) is 6.91. The van der Waals surface area contributed by atoms with Crippen molar-refractivity contribution in [3.63, 3.8) is 0 Å². The summed E-state index contributed by atoms with van der Waals surface area (Å²) in [7, 11) is 4.20. The number of hydrogen-bond donors (Lipinski definition) is 1. The lowest BCUT2D eigenvalue weighted by Crippen LogP contribution is -2.68. The standard InChI is InChI=1S/C19H28N6O2/c1-12-13(2)20-16(21-17(12)24-8-6-14(9-24)23(3)4)18(27)25-10-19(11-25)7-5-15(26)22-19/h14H,5-11H2,1-4H3,(H,22,26)/t14-/m1/s1. The van der Waals surface area contributed by atoms with E-state index in [0.29, 0.717) is 25.6 Å². The Hall–Kier alpha value is -2.22. The minimum atomic E-state index is -0.219. The molecule has 0 aliphatic carbocycles. The number of hydrogen-bond acceptors (Lipinski definition) is 6. The largest absolute Gasteiger partial charge is 0.355 e. The zero-order valence-electron chi connectivity index (χ0n) is 16.6. The summed E-state index contributed by atoms with van der Waals surface area (Å²) in [5.41, 5.74) is 1.67. The molecule has 1 N–H and O–H groups in total. The van der Waals surface area contributed by atoms with E-state index in [1.54, 1.807) is 4.90 Å². The van der Waals surface area contributed by atoms with E-state index in [2.05, 4.69) is 39.2 Å². The van der Waals surface area contributed by atoms with Gasteiger partial charge in [0.2, 0.25) is 11.7 Å². The topological polar surface area (TPSA) is 81.7 Å². The van der Waals surface area contributed by atoms with Gasteiger partial charge in [-0.1, -0.05) is 0 Å². The van der Waals surface area contributed by atoms with E-state index < -0.39 is 0 Å². The maximum Gasteiger partial charge on any atom is 0.291 e. The monoisotopic (exact) mass is 372 g/mol. The molecule has 2 amide bonds. The van der Waals surface area contributed by atoms with Gasteiger partial charge in [0, 0.05) is 49.9 Å². The molecule has 0 radical (unpaired) electrons. The number of amides is 2. The van der Waals surface area contributed by atoms with Crippen LogP contribution >= 0.6 is 0 Å². The second kappa shape index (κ2) is 6.44. The fourth-order valence-corrected chi connectivity index (χ4v) is 4.35. The van der Waals surface area contributed by atoms with Crippen molar-refractivity contribution < 1.29 is 9.59 Å². The Morgan fingerprint density at radius 2 is 2.00 bits per heavy atom. The van der Waals surface area contributed by atoms with Crippen LogP contribution < -0.4 is 10.2 Å². The highest BCUT2D eigenvalue weighted by Crippen LogP contribution is 2.32. The molecule has 4 heterocycles. The molecule has 27 heavy (non-hydrogen) atoms. The molecule has 0 unspecified atom stereocenters. The van der Waals surface area contributed by atoms with Gasteiger partial charge in [0.25, 0.3) is 5.91 Å². The number of aryl methyl sites for hydroxylation is 1.